The molecule has 0 bridgehead atoms. The van der Waals surface area contributed by atoms with Gasteiger partial charge in [0.15, 0.2) is 0 Å². The predicted molar refractivity (Wildman–Crippen MR) is 55.0 cm³/mol. The van der Waals surface area contributed by atoms with Crippen molar-refractivity contribution in [3.05, 3.63) is 23.4 Å². The van der Waals surface area contributed by atoms with Crippen LogP contribution in [-0.4, -0.2) is 11.5 Å². The number of aromatic nitrogens is 1. The minimum atomic E-state index is 1.08. The topological polar surface area (TPSA) is 24.9 Å². The van der Waals surface area contributed by atoms with E-state index in [2.05, 4.69) is 29.4 Å². The van der Waals surface area contributed by atoms with E-state index in [4.69, 9.17) is 0 Å². The largest absolute Gasteiger partial charge is 0.370 e. The van der Waals surface area contributed by atoms with Gasteiger partial charge in [0.2, 0.25) is 0 Å². The first-order chi connectivity index (χ1) is 6.40. The molecule has 0 radical (unpaired) electrons. The molecule has 0 aliphatic carbocycles. The van der Waals surface area contributed by atoms with Gasteiger partial charge in [0.1, 0.15) is 5.82 Å². The van der Waals surface area contributed by atoms with Crippen molar-refractivity contribution >= 4 is 5.82 Å². The molecule has 70 valence electrons. The SMILES string of the molecule is CCCc1ccc2c(n1)NCCC2. The van der Waals surface area contributed by atoms with Crippen LogP contribution in [0.1, 0.15) is 31.0 Å². The van der Waals surface area contributed by atoms with E-state index in [-0.39, 0.29) is 0 Å². The summed E-state index contributed by atoms with van der Waals surface area (Å²) in [6, 6.07) is 4.38. The molecule has 1 aliphatic heterocycles. The highest BCUT2D eigenvalue weighted by atomic mass is 15.0. The fraction of sp³-hybridized carbons (Fsp3) is 0.545. The molecular formula is C11H16N2. The molecular weight excluding hydrogens is 160 g/mol. The second-order valence-corrected chi connectivity index (χ2v) is 3.59. The number of rotatable bonds is 2. The molecule has 0 atom stereocenters. The van der Waals surface area contributed by atoms with Crippen molar-refractivity contribution in [2.24, 2.45) is 0 Å². The molecule has 13 heavy (non-hydrogen) atoms. The van der Waals surface area contributed by atoms with Crippen molar-refractivity contribution in [3.8, 4) is 0 Å². The lowest BCUT2D eigenvalue weighted by Gasteiger charge is -2.17. The molecule has 0 unspecified atom stereocenters. The van der Waals surface area contributed by atoms with Crippen LogP contribution in [0.25, 0.3) is 0 Å². The Morgan fingerprint density at radius 2 is 2.38 bits per heavy atom. The maximum atomic E-state index is 4.59. The van der Waals surface area contributed by atoms with Gasteiger partial charge in [-0.05, 0) is 30.9 Å². The van der Waals surface area contributed by atoms with Gasteiger partial charge in [-0.1, -0.05) is 19.4 Å². The minimum Gasteiger partial charge on any atom is -0.370 e. The van der Waals surface area contributed by atoms with E-state index in [9.17, 15) is 0 Å². The van der Waals surface area contributed by atoms with Gasteiger partial charge in [0.25, 0.3) is 0 Å². The number of hydrogen-bond donors (Lipinski definition) is 1. The maximum Gasteiger partial charge on any atom is 0.129 e. The number of hydrogen-bond acceptors (Lipinski definition) is 2. The van der Waals surface area contributed by atoms with Crippen molar-refractivity contribution < 1.29 is 0 Å². The summed E-state index contributed by atoms with van der Waals surface area (Å²) in [5.41, 5.74) is 2.60. The summed E-state index contributed by atoms with van der Waals surface area (Å²) in [7, 11) is 0. The van der Waals surface area contributed by atoms with Crippen LogP contribution in [-0.2, 0) is 12.8 Å². The molecule has 0 aromatic carbocycles. The Hall–Kier alpha value is -1.05. The lowest BCUT2D eigenvalue weighted by Crippen LogP contribution is -2.13. The van der Waals surface area contributed by atoms with Gasteiger partial charge in [-0.3, -0.25) is 0 Å². The fourth-order valence-electron chi connectivity index (χ4n) is 1.76. The third kappa shape index (κ3) is 1.82. The van der Waals surface area contributed by atoms with Gasteiger partial charge in [-0.25, -0.2) is 4.98 Å². The summed E-state index contributed by atoms with van der Waals surface area (Å²) in [6.07, 6.45) is 4.68. The molecule has 1 N–H and O–H groups in total. The Morgan fingerprint density at radius 3 is 3.23 bits per heavy atom. The highest BCUT2D eigenvalue weighted by Crippen LogP contribution is 2.19. The van der Waals surface area contributed by atoms with Gasteiger partial charge in [-0.15, -0.1) is 0 Å². The number of anilines is 1. The molecule has 2 heteroatoms. The summed E-state index contributed by atoms with van der Waals surface area (Å²) in [5, 5.41) is 3.35. The summed E-state index contributed by atoms with van der Waals surface area (Å²) in [5.74, 6) is 1.12. The quantitative estimate of drug-likeness (QED) is 0.748. The predicted octanol–water partition coefficient (Wildman–Crippen LogP) is 2.39. The lowest BCUT2D eigenvalue weighted by molar-refractivity contribution is 0.803. The average molecular weight is 176 g/mol. The van der Waals surface area contributed by atoms with Crippen LogP contribution in [0.4, 0.5) is 5.82 Å². The smallest absolute Gasteiger partial charge is 0.129 e. The monoisotopic (exact) mass is 176 g/mol. The number of aryl methyl sites for hydroxylation is 2. The summed E-state index contributed by atoms with van der Waals surface area (Å²) in [4.78, 5) is 4.59. The molecule has 2 rings (SSSR count). The van der Waals surface area contributed by atoms with Crippen LogP contribution in [0.15, 0.2) is 12.1 Å². The number of pyridine rings is 1. The number of nitrogens with one attached hydrogen (secondary N) is 1. The standard InChI is InChI=1S/C11H16N2/c1-2-4-10-7-6-9-5-3-8-12-11(9)13-10/h6-7H,2-5,8H2,1H3,(H,12,13). The summed E-state index contributed by atoms with van der Waals surface area (Å²) < 4.78 is 0. The number of nitrogens with zero attached hydrogens (tertiary/aromatic N) is 1. The van der Waals surface area contributed by atoms with Crippen molar-refractivity contribution in [1.29, 1.82) is 0 Å². The van der Waals surface area contributed by atoms with E-state index in [1.807, 2.05) is 0 Å². The van der Waals surface area contributed by atoms with Crippen molar-refractivity contribution in [1.82, 2.24) is 4.98 Å². The second kappa shape index (κ2) is 3.77. The van der Waals surface area contributed by atoms with E-state index in [1.54, 1.807) is 0 Å². The Bertz CT molecular complexity index is 294. The molecule has 0 saturated carbocycles. The molecule has 0 spiro atoms. The zero-order valence-electron chi connectivity index (χ0n) is 8.14. The van der Waals surface area contributed by atoms with E-state index in [0.717, 1.165) is 18.8 Å². The minimum absolute atomic E-state index is 1.08. The molecule has 0 saturated heterocycles. The van der Waals surface area contributed by atoms with Crippen LogP contribution in [0.2, 0.25) is 0 Å². The van der Waals surface area contributed by atoms with Gasteiger partial charge in [-0.2, -0.15) is 0 Å². The van der Waals surface area contributed by atoms with Crippen LogP contribution in [0, 0.1) is 0 Å². The van der Waals surface area contributed by atoms with Gasteiger partial charge < -0.3 is 5.32 Å². The van der Waals surface area contributed by atoms with E-state index in [1.165, 1.54) is 30.5 Å². The van der Waals surface area contributed by atoms with Gasteiger partial charge in [0, 0.05) is 12.2 Å². The Kier molecular flexibility index (Phi) is 2.48. The fourth-order valence-corrected chi connectivity index (χ4v) is 1.76. The highest BCUT2D eigenvalue weighted by Gasteiger charge is 2.09. The average Bonchev–Trinajstić information content (AvgIpc) is 2.18. The Labute approximate surface area is 79.4 Å². The molecule has 0 fully saturated rings. The van der Waals surface area contributed by atoms with Gasteiger partial charge in [0.05, 0.1) is 0 Å². The highest BCUT2D eigenvalue weighted by molar-refractivity contribution is 5.46. The number of fused-ring (bicyclic) bond motifs is 1. The van der Waals surface area contributed by atoms with Crippen LogP contribution < -0.4 is 5.32 Å². The maximum absolute atomic E-state index is 4.59. The van der Waals surface area contributed by atoms with E-state index in [0.29, 0.717) is 0 Å². The Morgan fingerprint density at radius 1 is 1.46 bits per heavy atom. The Balaban J connectivity index is 2.24. The molecule has 1 aliphatic rings. The third-order valence-electron chi connectivity index (χ3n) is 2.46. The third-order valence-corrected chi connectivity index (χ3v) is 2.46. The molecule has 0 amide bonds. The zero-order chi connectivity index (χ0) is 9.10. The van der Waals surface area contributed by atoms with Crippen molar-refractivity contribution in [3.63, 3.8) is 0 Å². The summed E-state index contributed by atoms with van der Waals surface area (Å²) >= 11 is 0. The van der Waals surface area contributed by atoms with Gasteiger partial charge >= 0.3 is 0 Å². The van der Waals surface area contributed by atoms with Crippen molar-refractivity contribution in [2.75, 3.05) is 11.9 Å². The van der Waals surface area contributed by atoms with E-state index >= 15 is 0 Å². The molecule has 1 aromatic rings. The molecule has 2 nitrogen and oxygen atoms in total. The molecule has 1 aromatic heterocycles. The zero-order valence-corrected chi connectivity index (χ0v) is 8.14. The first-order valence-electron chi connectivity index (χ1n) is 5.13. The summed E-state index contributed by atoms with van der Waals surface area (Å²) in [6.45, 7) is 3.27. The second-order valence-electron chi connectivity index (χ2n) is 3.59. The van der Waals surface area contributed by atoms with Crippen LogP contribution >= 0.6 is 0 Å². The normalized spacial score (nSPS) is 14.8. The van der Waals surface area contributed by atoms with Crippen LogP contribution in [0.3, 0.4) is 0 Å². The lowest BCUT2D eigenvalue weighted by atomic mass is 10.1. The first-order valence-corrected chi connectivity index (χ1v) is 5.13. The molecule has 2 heterocycles. The van der Waals surface area contributed by atoms with Crippen LogP contribution in [0.5, 0.6) is 0 Å². The van der Waals surface area contributed by atoms with Crippen molar-refractivity contribution in [2.45, 2.75) is 32.6 Å². The van der Waals surface area contributed by atoms with E-state index < -0.39 is 0 Å². The first kappa shape index (κ1) is 8.54.